The Bertz CT molecular complexity index is 451. The van der Waals surface area contributed by atoms with Gasteiger partial charge in [0, 0.05) is 35.2 Å². The molecule has 2 rings (SSSR count). The van der Waals surface area contributed by atoms with Crippen LogP contribution in [0.1, 0.15) is 29.8 Å². The van der Waals surface area contributed by atoms with Crippen molar-refractivity contribution >= 4 is 21.8 Å². The fourth-order valence-corrected chi connectivity index (χ4v) is 2.88. The van der Waals surface area contributed by atoms with Gasteiger partial charge in [0.1, 0.15) is 0 Å². The highest BCUT2D eigenvalue weighted by Gasteiger charge is 2.30. The maximum Gasteiger partial charge on any atom is 0.254 e. The number of carbonyl (C=O) groups excluding carboxylic acids is 1. The molecule has 1 aromatic carbocycles. The van der Waals surface area contributed by atoms with Gasteiger partial charge in [-0.2, -0.15) is 0 Å². The van der Waals surface area contributed by atoms with Gasteiger partial charge in [0.15, 0.2) is 0 Å². The molecule has 98 valence electrons. The van der Waals surface area contributed by atoms with Crippen LogP contribution in [0.5, 0.6) is 0 Å². The molecule has 2 atom stereocenters. The molecule has 0 aliphatic carbocycles. The van der Waals surface area contributed by atoms with Crippen LogP contribution in [-0.2, 0) is 0 Å². The normalized spacial score (nSPS) is 24.1. The van der Waals surface area contributed by atoms with E-state index in [2.05, 4.69) is 35.1 Å². The SMILES string of the molecule is Cc1c(Br)cccc1C(=O)N1C(C)CNCC1C. The summed E-state index contributed by atoms with van der Waals surface area (Å²) in [6.07, 6.45) is 0. The topological polar surface area (TPSA) is 32.3 Å². The lowest BCUT2D eigenvalue weighted by atomic mass is 10.0. The van der Waals surface area contributed by atoms with Crippen molar-refractivity contribution in [1.29, 1.82) is 0 Å². The van der Waals surface area contributed by atoms with Crippen molar-refractivity contribution in [2.45, 2.75) is 32.9 Å². The van der Waals surface area contributed by atoms with Gasteiger partial charge in [0.25, 0.3) is 5.91 Å². The highest BCUT2D eigenvalue weighted by molar-refractivity contribution is 9.10. The zero-order chi connectivity index (χ0) is 13.3. The average molecular weight is 311 g/mol. The van der Waals surface area contributed by atoms with Crippen LogP contribution in [0.2, 0.25) is 0 Å². The van der Waals surface area contributed by atoms with Crippen LogP contribution in [0.25, 0.3) is 0 Å². The summed E-state index contributed by atoms with van der Waals surface area (Å²) in [6.45, 7) is 7.89. The second-order valence-corrected chi connectivity index (χ2v) is 5.84. The molecule has 2 unspecified atom stereocenters. The predicted molar refractivity (Wildman–Crippen MR) is 76.8 cm³/mol. The maximum atomic E-state index is 12.7. The Morgan fingerprint density at radius 2 is 1.94 bits per heavy atom. The highest BCUT2D eigenvalue weighted by Crippen LogP contribution is 2.23. The summed E-state index contributed by atoms with van der Waals surface area (Å²) >= 11 is 3.49. The second-order valence-electron chi connectivity index (χ2n) is 4.98. The Morgan fingerprint density at radius 3 is 2.56 bits per heavy atom. The van der Waals surface area contributed by atoms with Crippen molar-refractivity contribution in [3.8, 4) is 0 Å². The molecule has 1 heterocycles. The summed E-state index contributed by atoms with van der Waals surface area (Å²) in [5.74, 6) is 0.135. The molecule has 1 saturated heterocycles. The van der Waals surface area contributed by atoms with E-state index in [9.17, 15) is 4.79 Å². The third-order valence-electron chi connectivity index (χ3n) is 3.56. The predicted octanol–water partition coefficient (Wildman–Crippen LogP) is 2.58. The largest absolute Gasteiger partial charge is 0.331 e. The number of hydrogen-bond donors (Lipinski definition) is 1. The lowest BCUT2D eigenvalue weighted by Gasteiger charge is -2.39. The molecule has 3 nitrogen and oxygen atoms in total. The number of halogens is 1. The van der Waals surface area contributed by atoms with Crippen LogP contribution in [0.4, 0.5) is 0 Å². The van der Waals surface area contributed by atoms with E-state index < -0.39 is 0 Å². The first-order valence-corrected chi connectivity index (χ1v) is 7.10. The van der Waals surface area contributed by atoms with Crippen molar-refractivity contribution in [1.82, 2.24) is 10.2 Å². The van der Waals surface area contributed by atoms with Gasteiger partial charge < -0.3 is 10.2 Å². The molecule has 0 bridgehead atoms. The molecule has 1 amide bonds. The fraction of sp³-hybridized carbons (Fsp3) is 0.500. The van der Waals surface area contributed by atoms with E-state index in [1.54, 1.807) is 0 Å². The van der Waals surface area contributed by atoms with Crippen molar-refractivity contribution < 1.29 is 4.79 Å². The lowest BCUT2D eigenvalue weighted by Crippen LogP contribution is -2.57. The molecule has 1 aromatic rings. The Kier molecular flexibility index (Phi) is 4.07. The Morgan fingerprint density at radius 1 is 1.33 bits per heavy atom. The highest BCUT2D eigenvalue weighted by atomic mass is 79.9. The molecule has 4 heteroatoms. The zero-order valence-corrected chi connectivity index (χ0v) is 12.6. The summed E-state index contributed by atoms with van der Waals surface area (Å²) in [6, 6.07) is 6.27. The first kappa shape index (κ1) is 13.6. The molecule has 0 aromatic heterocycles. The van der Waals surface area contributed by atoms with E-state index in [1.807, 2.05) is 30.0 Å². The summed E-state index contributed by atoms with van der Waals surface area (Å²) in [5.41, 5.74) is 1.81. The van der Waals surface area contributed by atoms with Crippen molar-refractivity contribution in [3.63, 3.8) is 0 Å². The van der Waals surface area contributed by atoms with Crippen LogP contribution >= 0.6 is 15.9 Å². The third kappa shape index (κ3) is 2.45. The molecule has 1 fully saturated rings. The number of carbonyl (C=O) groups is 1. The third-order valence-corrected chi connectivity index (χ3v) is 4.42. The molecule has 0 radical (unpaired) electrons. The zero-order valence-electron chi connectivity index (χ0n) is 11.0. The van der Waals surface area contributed by atoms with E-state index in [-0.39, 0.29) is 18.0 Å². The van der Waals surface area contributed by atoms with Gasteiger partial charge in [-0.05, 0) is 38.5 Å². The minimum atomic E-state index is 0.135. The minimum Gasteiger partial charge on any atom is -0.331 e. The number of benzene rings is 1. The van der Waals surface area contributed by atoms with Crippen LogP contribution < -0.4 is 5.32 Å². The van der Waals surface area contributed by atoms with Crippen LogP contribution in [-0.4, -0.2) is 36.0 Å². The van der Waals surface area contributed by atoms with Gasteiger partial charge in [-0.3, -0.25) is 4.79 Å². The number of nitrogens with zero attached hydrogens (tertiary/aromatic N) is 1. The summed E-state index contributed by atoms with van der Waals surface area (Å²) in [4.78, 5) is 14.7. The maximum absolute atomic E-state index is 12.7. The van der Waals surface area contributed by atoms with Gasteiger partial charge in [-0.15, -0.1) is 0 Å². The van der Waals surface area contributed by atoms with E-state index in [0.717, 1.165) is 28.7 Å². The lowest BCUT2D eigenvalue weighted by molar-refractivity contribution is 0.0543. The van der Waals surface area contributed by atoms with Gasteiger partial charge >= 0.3 is 0 Å². The van der Waals surface area contributed by atoms with Crippen LogP contribution in [0.3, 0.4) is 0 Å². The molecule has 1 aliphatic rings. The first-order valence-electron chi connectivity index (χ1n) is 6.31. The molecule has 1 aliphatic heterocycles. The number of amides is 1. The fourth-order valence-electron chi connectivity index (χ4n) is 2.51. The van der Waals surface area contributed by atoms with Gasteiger partial charge in [-0.1, -0.05) is 22.0 Å². The minimum absolute atomic E-state index is 0.135. The van der Waals surface area contributed by atoms with Gasteiger partial charge in [0.05, 0.1) is 0 Å². The number of rotatable bonds is 1. The second kappa shape index (κ2) is 5.41. The Labute approximate surface area is 117 Å². The average Bonchev–Trinajstić information content (AvgIpc) is 2.32. The monoisotopic (exact) mass is 310 g/mol. The quantitative estimate of drug-likeness (QED) is 0.864. The first-order chi connectivity index (χ1) is 8.52. The molecule has 0 saturated carbocycles. The molecular weight excluding hydrogens is 292 g/mol. The molecule has 18 heavy (non-hydrogen) atoms. The summed E-state index contributed by atoms with van der Waals surface area (Å²) in [7, 11) is 0. The summed E-state index contributed by atoms with van der Waals surface area (Å²) < 4.78 is 0.990. The van der Waals surface area contributed by atoms with Gasteiger partial charge in [0.2, 0.25) is 0 Å². The van der Waals surface area contributed by atoms with E-state index in [4.69, 9.17) is 0 Å². The number of hydrogen-bond acceptors (Lipinski definition) is 2. The summed E-state index contributed by atoms with van der Waals surface area (Å²) in [5, 5.41) is 3.34. The number of piperazine rings is 1. The van der Waals surface area contributed by atoms with E-state index >= 15 is 0 Å². The van der Waals surface area contributed by atoms with Crippen molar-refractivity contribution in [3.05, 3.63) is 33.8 Å². The van der Waals surface area contributed by atoms with Gasteiger partial charge in [-0.25, -0.2) is 0 Å². The Balaban J connectivity index is 2.32. The van der Waals surface area contributed by atoms with Crippen molar-refractivity contribution in [2.75, 3.05) is 13.1 Å². The van der Waals surface area contributed by atoms with Crippen LogP contribution in [0, 0.1) is 6.92 Å². The molecular formula is C14H19BrN2O. The number of nitrogens with one attached hydrogen (secondary N) is 1. The Hall–Kier alpha value is -0.870. The standard InChI is InChI=1S/C14H19BrN2O/c1-9-7-16-8-10(2)17(9)14(18)12-5-4-6-13(15)11(12)3/h4-6,9-10,16H,7-8H2,1-3H3. The van der Waals surface area contributed by atoms with E-state index in [1.165, 1.54) is 0 Å². The van der Waals surface area contributed by atoms with Crippen LogP contribution in [0.15, 0.2) is 22.7 Å². The van der Waals surface area contributed by atoms with Crippen molar-refractivity contribution in [2.24, 2.45) is 0 Å². The molecule has 1 N–H and O–H groups in total. The van der Waals surface area contributed by atoms with E-state index in [0.29, 0.717) is 0 Å². The smallest absolute Gasteiger partial charge is 0.254 e. The molecule has 0 spiro atoms.